The van der Waals surface area contributed by atoms with Gasteiger partial charge in [-0.3, -0.25) is 0 Å². The van der Waals surface area contributed by atoms with E-state index in [1.807, 2.05) is 19.1 Å². The molecule has 2 aromatic rings. The minimum Gasteiger partial charge on any atom is -0.493 e. The molecule has 32 heavy (non-hydrogen) atoms. The zero-order valence-corrected chi connectivity index (χ0v) is 18.2. The van der Waals surface area contributed by atoms with Crippen molar-refractivity contribution < 1.29 is 32.2 Å². The van der Waals surface area contributed by atoms with Gasteiger partial charge in [-0.2, -0.15) is 13.2 Å². The van der Waals surface area contributed by atoms with E-state index in [4.69, 9.17) is 14.2 Å². The Morgan fingerprint density at radius 3 is 2.69 bits per heavy atom. The standard InChI is InChI=1S/C25H27F3O4/c1-15-21(32-24(29)17-8-6-9-18(13-17)25(26,27)28)14-19-10-5-3-4-7-16-11-12-20(30-2)23(31-19)22(15)16/h6,8-9,11-13,15,19,21H,3-5,7,10,14H2,1-2H3/t15-,19?,21+/m0/s1. The van der Waals surface area contributed by atoms with Crippen LogP contribution in [0.4, 0.5) is 13.2 Å². The second-order valence-corrected chi connectivity index (χ2v) is 8.56. The van der Waals surface area contributed by atoms with Crippen LogP contribution >= 0.6 is 0 Å². The molecule has 2 aliphatic heterocycles. The fourth-order valence-electron chi connectivity index (χ4n) is 4.70. The predicted octanol–water partition coefficient (Wildman–Crippen LogP) is 6.31. The van der Waals surface area contributed by atoms with Crippen LogP contribution < -0.4 is 9.47 Å². The summed E-state index contributed by atoms with van der Waals surface area (Å²) < 4.78 is 57.0. The Balaban J connectivity index is 1.68. The predicted molar refractivity (Wildman–Crippen MR) is 113 cm³/mol. The Kier molecular flexibility index (Phi) is 6.35. The first-order chi connectivity index (χ1) is 15.3. The van der Waals surface area contributed by atoms with E-state index < -0.39 is 23.8 Å². The molecule has 4 nitrogen and oxygen atoms in total. The fraction of sp³-hybridized carbons (Fsp3) is 0.480. The summed E-state index contributed by atoms with van der Waals surface area (Å²) in [5.41, 5.74) is 1.13. The summed E-state index contributed by atoms with van der Waals surface area (Å²) in [5.74, 6) is 0.399. The van der Waals surface area contributed by atoms with Gasteiger partial charge < -0.3 is 14.2 Å². The van der Waals surface area contributed by atoms with Gasteiger partial charge in [-0.15, -0.1) is 0 Å². The van der Waals surface area contributed by atoms with Crippen molar-refractivity contribution in [1.82, 2.24) is 0 Å². The van der Waals surface area contributed by atoms with Crippen molar-refractivity contribution in [2.75, 3.05) is 7.11 Å². The highest BCUT2D eigenvalue weighted by atomic mass is 19.4. The lowest BCUT2D eigenvalue weighted by Gasteiger charge is -2.25. The number of fused-ring (bicyclic) bond motifs is 1. The fourth-order valence-corrected chi connectivity index (χ4v) is 4.70. The second kappa shape index (κ2) is 9.04. The molecule has 0 saturated heterocycles. The highest BCUT2D eigenvalue weighted by molar-refractivity contribution is 5.89. The smallest absolute Gasteiger partial charge is 0.416 e. The average molecular weight is 448 g/mol. The lowest BCUT2D eigenvalue weighted by Crippen LogP contribution is -2.28. The van der Waals surface area contributed by atoms with Gasteiger partial charge in [-0.1, -0.05) is 25.5 Å². The van der Waals surface area contributed by atoms with E-state index in [-0.39, 0.29) is 17.6 Å². The monoisotopic (exact) mass is 448 g/mol. The van der Waals surface area contributed by atoms with Gasteiger partial charge >= 0.3 is 12.1 Å². The van der Waals surface area contributed by atoms with Crippen molar-refractivity contribution in [3.8, 4) is 11.5 Å². The maximum atomic E-state index is 13.1. The van der Waals surface area contributed by atoms with E-state index in [0.717, 1.165) is 55.4 Å². The topological polar surface area (TPSA) is 44.8 Å². The third kappa shape index (κ3) is 4.57. The van der Waals surface area contributed by atoms with Crippen LogP contribution in [0.3, 0.4) is 0 Å². The summed E-state index contributed by atoms with van der Waals surface area (Å²) in [4.78, 5) is 12.9. The van der Waals surface area contributed by atoms with Gasteiger partial charge in [0, 0.05) is 17.9 Å². The van der Waals surface area contributed by atoms with Gasteiger partial charge in [0.25, 0.3) is 0 Å². The zero-order valence-electron chi connectivity index (χ0n) is 18.2. The quantitative estimate of drug-likeness (QED) is 0.516. The molecular formula is C25H27F3O4. The summed E-state index contributed by atoms with van der Waals surface area (Å²) in [6, 6.07) is 8.30. The molecule has 0 aliphatic carbocycles. The van der Waals surface area contributed by atoms with Crippen molar-refractivity contribution in [2.24, 2.45) is 0 Å². The first-order valence-corrected chi connectivity index (χ1v) is 11.0. The lowest BCUT2D eigenvalue weighted by atomic mass is 9.87. The first kappa shape index (κ1) is 22.5. The van der Waals surface area contributed by atoms with Crippen molar-refractivity contribution in [2.45, 2.75) is 69.8 Å². The van der Waals surface area contributed by atoms with Crippen LogP contribution in [0.5, 0.6) is 11.5 Å². The number of carbonyl (C=O) groups is 1. The number of benzene rings is 2. The number of hydrogen-bond acceptors (Lipinski definition) is 4. The van der Waals surface area contributed by atoms with Gasteiger partial charge in [0.1, 0.15) is 12.2 Å². The number of esters is 1. The highest BCUT2D eigenvalue weighted by Crippen LogP contribution is 2.45. The molecule has 172 valence electrons. The first-order valence-electron chi connectivity index (χ1n) is 11.0. The van der Waals surface area contributed by atoms with Crippen LogP contribution in [0.1, 0.15) is 72.0 Å². The Morgan fingerprint density at radius 1 is 1.12 bits per heavy atom. The molecule has 2 aliphatic rings. The molecular weight excluding hydrogens is 421 g/mol. The number of aryl methyl sites for hydroxylation is 1. The molecule has 0 fully saturated rings. The summed E-state index contributed by atoms with van der Waals surface area (Å²) in [5, 5.41) is 0. The van der Waals surface area contributed by atoms with Crippen molar-refractivity contribution in [3.63, 3.8) is 0 Å². The third-order valence-corrected chi connectivity index (χ3v) is 6.42. The molecule has 0 spiro atoms. The Bertz CT molecular complexity index is 986. The number of rotatable bonds is 3. The van der Waals surface area contributed by atoms with Gasteiger partial charge in [0.15, 0.2) is 11.5 Å². The van der Waals surface area contributed by atoms with Crippen molar-refractivity contribution >= 4 is 5.97 Å². The van der Waals surface area contributed by atoms with Crippen LogP contribution in [0.15, 0.2) is 36.4 Å². The summed E-state index contributed by atoms with van der Waals surface area (Å²) in [7, 11) is 1.60. The third-order valence-electron chi connectivity index (χ3n) is 6.42. The summed E-state index contributed by atoms with van der Waals surface area (Å²) in [6.45, 7) is 1.98. The molecule has 0 saturated carbocycles. The molecule has 7 heteroatoms. The van der Waals surface area contributed by atoms with Crippen molar-refractivity contribution in [1.29, 1.82) is 0 Å². The van der Waals surface area contributed by atoms with Crippen LogP contribution in [0, 0.1) is 0 Å². The number of alkyl halides is 3. The summed E-state index contributed by atoms with van der Waals surface area (Å²) in [6.07, 6.45) is 0.114. The van der Waals surface area contributed by atoms with E-state index in [0.29, 0.717) is 17.9 Å². The van der Waals surface area contributed by atoms with Gasteiger partial charge in [-0.05, 0) is 55.5 Å². The Hall–Kier alpha value is -2.70. The maximum Gasteiger partial charge on any atom is 0.416 e. The minimum atomic E-state index is -4.52. The molecule has 4 rings (SSSR count). The van der Waals surface area contributed by atoms with E-state index in [1.165, 1.54) is 12.1 Å². The van der Waals surface area contributed by atoms with E-state index >= 15 is 0 Å². The van der Waals surface area contributed by atoms with Crippen molar-refractivity contribution in [3.05, 3.63) is 58.7 Å². The molecule has 0 aromatic heterocycles. The van der Waals surface area contributed by atoms with Crippen LogP contribution in [-0.2, 0) is 17.3 Å². The maximum absolute atomic E-state index is 13.1. The van der Waals surface area contributed by atoms with Gasteiger partial charge in [-0.25, -0.2) is 4.79 Å². The zero-order chi connectivity index (χ0) is 22.9. The molecule has 2 aromatic carbocycles. The molecule has 1 unspecified atom stereocenters. The molecule has 0 N–H and O–H groups in total. The SMILES string of the molecule is COc1ccc2c3c1OC(CCCCC2)C[C@@H](OC(=O)c1cccc(C(F)(F)F)c1)[C@@H]3C. The van der Waals surface area contributed by atoms with Crippen LogP contribution in [0.25, 0.3) is 0 Å². The number of halogens is 3. The lowest BCUT2D eigenvalue weighted by molar-refractivity contribution is -0.137. The Morgan fingerprint density at radius 2 is 1.94 bits per heavy atom. The van der Waals surface area contributed by atoms with Gasteiger partial charge in [0.2, 0.25) is 0 Å². The molecule has 0 radical (unpaired) electrons. The highest BCUT2D eigenvalue weighted by Gasteiger charge is 2.37. The van der Waals surface area contributed by atoms with Crippen LogP contribution in [0.2, 0.25) is 0 Å². The van der Waals surface area contributed by atoms with E-state index in [9.17, 15) is 18.0 Å². The number of carbonyl (C=O) groups excluding carboxylic acids is 1. The number of ether oxygens (including phenoxy) is 3. The Labute approximate surface area is 185 Å². The molecule has 4 bridgehead atoms. The largest absolute Gasteiger partial charge is 0.493 e. The number of hydrogen-bond donors (Lipinski definition) is 0. The average Bonchev–Trinajstić information content (AvgIpc) is 2.91. The van der Waals surface area contributed by atoms with Crippen LogP contribution in [-0.4, -0.2) is 25.3 Å². The molecule has 0 amide bonds. The minimum absolute atomic E-state index is 0.107. The number of methoxy groups -OCH3 is 1. The second-order valence-electron chi connectivity index (χ2n) is 8.56. The molecule has 2 heterocycles. The molecule has 3 atom stereocenters. The van der Waals surface area contributed by atoms with Gasteiger partial charge in [0.05, 0.1) is 18.2 Å². The van der Waals surface area contributed by atoms with E-state index in [1.54, 1.807) is 7.11 Å². The van der Waals surface area contributed by atoms with E-state index in [2.05, 4.69) is 0 Å². The summed E-state index contributed by atoms with van der Waals surface area (Å²) >= 11 is 0. The normalized spacial score (nSPS) is 23.1.